The largest absolute Gasteiger partial charge is 0.497 e. The number of ether oxygens (including phenoxy) is 1. The molecule has 3 N–H and O–H groups in total. The van der Waals surface area contributed by atoms with Gasteiger partial charge >= 0.3 is 6.03 Å². The Bertz CT molecular complexity index is 1140. The van der Waals surface area contributed by atoms with E-state index in [1.165, 1.54) is 22.2 Å². The molecule has 0 aliphatic carbocycles. The van der Waals surface area contributed by atoms with E-state index >= 15 is 0 Å². The second-order valence-corrected chi connectivity index (χ2v) is 9.30. The minimum absolute atomic E-state index is 0.0150. The van der Waals surface area contributed by atoms with Crippen molar-refractivity contribution >= 4 is 22.6 Å². The highest BCUT2D eigenvalue weighted by atomic mass is 16.5. The number of aromatic nitrogens is 1. The summed E-state index contributed by atoms with van der Waals surface area (Å²) in [4.78, 5) is 21.1. The maximum absolute atomic E-state index is 13.2. The Morgan fingerprint density at radius 2 is 2.00 bits per heavy atom. The van der Waals surface area contributed by atoms with Crippen molar-refractivity contribution in [1.29, 1.82) is 0 Å². The molecule has 0 unspecified atom stereocenters. The number of amides is 2. The number of nitrogens with zero attached hydrogens (tertiary/aromatic N) is 2. The van der Waals surface area contributed by atoms with Gasteiger partial charge in [0.25, 0.3) is 0 Å². The zero-order chi connectivity index (χ0) is 23.1. The monoisotopic (exact) mass is 448 g/mol. The van der Waals surface area contributed by atoms with Crippen LogP contribution in [0.4, 0.5) is 10.5 Å². The van der Waals surface area contributed by atoms with Crippen LogP contribution in [0.3, 0.4) is 0 Å². The highest BCUT2D eigenvalue weighted by Crippen LogP contribution is 2.42. The lowest BCUT2D eigenvalue weighted by Gasteiger charge is -2.49. The van der Waals surface area contributed by atoms with Gasteiger partial charge in [-0.3, -0.25) is 4.90 Å². The summed E-state index contributed by atoms with van der Waals surface area (Å²) in [6.45, 7) is 3.57. The normalized spacial score (nSPS) is 23.5. The van der Waals surface area contributed by atoms with Crippen LogP contribution in [0.15, 0.2) is 48.5 Å². The molecule has 7 nitrogen and oxygen atoms in total. The van der Waals surface area contributed by atoms with Crippen LogP contribution in [-0.2, 0) is 6.42 Å². The number of hydrogen-bond acceptors (Lipinski definition) is 4. The lowest BCUT2D eigenvalue weighted by Crippen LogP contribution is -2.57. The van der Waals surface area contributed by atoms with Crippen molar-refractivity contribution in [2.75, 3.05) is 32.6 Å². The number of rotatable bonds is 4. The van der Waals surface area contributed by atoms with Crippen LogP contribution in [-0.4, -0.2) is 65.3 Å². The molecule has 5 rings (SSSR count). The van der Waals surface area contributed by atoms with Crippen molar-refractivity contribution in [3.8, 4) is 5.75 Å². The van der Waals surface area contributed by atoms with E-state index in [9.17, 15) is 9.90 Å². The van der Waals surface area contributed by atoms with Crippen LogP contribution in [0.5, 0.6) is 5.75 Å². The third-order valence-corrected chi connectivity index (χ3v) is 7.45. The molecule has 4 atom stereocenters. The summed E-state index contributed by atoms with van der Waals surface area (Å²) in [7, 11) is 3.46. The quantitative estimate of drug-likeness (QED) is 0.563. The average Bonchev–Trinajstić information content (AvgIpc) is 3.22. The summed E-state index contributed by atoms with van der Waals surface area (Å²) < 4.78 is 5.20. The first kappa shape index (κ1) is 21.8. The molecule has 0 saturated carbocycles. The van der Waals surface area contributed by atoms with E-state index in [0.29, 0.717) is 5.69 Å². The number of urea groups is 1. The van der Waals surface area contributed by atoms with Gasteiger partial charge in [-0.2, -0.15) is 0 Å². The Morgan fingerprint density at radius 1 is 1.24 bits per heavy atom. The number of aliphatic hydroxyl groups is 1. The van der Waals surface area contributed by atoms with Gasteiger partial charge < -0.3 is 25.0 Å². The number of aromatic amines is 1. The maximum Gasteiger partial charge on any atom is 0.321 e. The van der Waals surface area contributed by atoms with Gasteiger partial charge in [0.05, 0.1) is 19.3 Å². The third kappa shape index (κ3) is 3.96. The number of para-hydroxylation sites is 1. The van der Waals surface area contributed by atoms with E-state index in [1.54, 1.807) is 12.0 Å². The fraction of sp³-hybridized carbons (Fsp3) is 0.423. The zero-order valence-electron chi connectivity index (χ0n) is 19.4. The number of carbonyl (C=O) groups excluding carboxylic acids is 1. The molecule has 174 valence electrons. The molecule has 1 saturated heterocycles. The Balaban J connectivity index is 1.40. The second kappa shape index (κ2) is 8.72. The van der Waals surface area contributed by atoms with E-state index in [1.807, 2.05) is 38.2 Å². The molecule has 3 aromatic rings. The predicted molar refractivity (Wildman–Crippen MR) is 130 cm³/mol. The molecule has 1 fully saturated rings. The average molecular weight is 449 g/mol. The standard InChI is InChI=1S/C26H32N4O3/c1-16(31)21-15-30-13-12-20-19-6-4-5-7-22(19)28-25(20)24(30)14-23(21)29(2)26(32)27-17-8-10-18(33-3)11-9-17/h4-11,16,21,23-24,28,31H,12-15H2,1-3H3,(H,27,32)/t16-,21-,23-,24-/m0/s1. The first-order valence-electron chi connectivity index (χ1n) is 11.7. The van der Waals surface area contributed by atoms with Crippen molar-refractivity contribution in [3.05, 3.63) is 59.8 Å². The lowest BCUT2D eigenvalue weighted by molar-refractivity contribution is -0.0177. The minimum Gasteiger partial charge on any atom is -0.497 e. The van der Waals surface area contributed by atoms with Crippen LogP contribution in [0, 0.1) is 5.92 Å². The third-order valence-electron chi connectivity index (χ3n) is 7.45. The van der Waals surface area contributed by atoms with E-state index in [2.05, 4.69) is 39.5 Å². The van der Waals surface area contributed by atoms with Crippen molar-refractivity contribution in [1.82, 2.24) is 14.8 Å². The highest BCUT2D eigenvalue weighted by Gasteiger charge is 2.44. The van der Waals surface area contributed by atoms with Gasteiger partial charge in [0, 0.05) is 54.4 Å². The fourth-order valence-corrected chi connectivity index (χ4v) is 5.61. The topological polar surface area (TPSA) is 80.8 Å². The van der Waals surface area contributed by atoms with E-state index in [-0.39, 0.29) is 24.0 Å². The molecule has 2 aliphatic heterocycles. The molecule has 0 bridgehead atoms. The van der Waals surface area contributed by atoms with E-state index in [4.69, 9.17) is 4.74 Å². The van der Waals surface area contributed by atoms with E-state index in [0.717, 1.165) is 31.7 Å². The number of piperidine rings is 1. The van der Waals surface area contributed by atoms with Crippen molar-refractivity contribution in [2.24, 2.45) is 5.92 Å². The molecule has 0 radical (unpaired) electrons. The molecule has 2 amide bonds. The molecular formula is C26H32N4O3. The minimum atomic E-state index is -0.503. The number of benzene rings is 2. The number of carbonyl (C=O) groups is 1. The number of methoxy groups -OCH3 is 1. The van der Waals surface area contributed by atoms with Crippen molar-refractivity contribution < 1.29 is 14.6 Å². The molecule has 2 aliphatic rings. The summed E-state index contributed by atoms with van der Waals surface area (Å²) >= 11 is 0. The maximum atomic E-state index is 13.2. The Labute approximate surface area is 194 Å². The zero-order valence-corrected chi connectivity index (χ0v) is 19.4. The molecule has 1 aromatic heterocycles. The van der Waals surface area contributed by atoms with Crippen LogP contribution >= 0.6 is 0 Å². The number of fused-ring (bicyclic) bond motifs is 5. The molecule has 2 aromatic carbocycles. The Kier molecular flexibility index (Phi) is 5.76. The molecule has 3 heterocycles. The lowest BCUT2D eigenvalue weighted by atomic mass is 9.80. The van der Waals surface area contributed by atoms with Crippen LogP contribution in [0.2, 0.25) is 0 Å². The van der Waals surface area contributed by atoms with Gasteiger partial charge in [0.2, 0.25) is 0 Å². The molecule has 7 heteroatoms. The first-order valence-corrected chi connectivity index (χ1v) is 11.7. The summed E-state index contributed by atoms with van der Waals surface area (Å²) in [5.41, 5.74) is 4.55. The molecule has 33 heavy (non-hydrogen) atoms. The Morgan fingerprint density at radius 3 is 2.73 bits per heavy atom. The van der Waals surface area contributed by atoms with Crippen molar-refractivity contribution in [3.63, 3.8) is 0 Å². The second-order valence-electron chi connectivity index (χ2n) is 9.30. The number of nitrogens with one attached hydrogen (secondary N) is 2. The summed E-state index contributed by atoms with van der Waals surface area (Å²) in [5.74, 6) is 0.730. The van der Waals surface area contributed by atoms with Gasteiger partial charge in [-0.15, -0.1) is 0 Å². The van der Waals surface area contributed by atoms with Crippen LogP contribution in [0.1, 0.15) is 30.6 Å². The molecule has 0 spiro atoms. The van der Waals surface area contributed by atoms with Gasteiger partial charge in [0.1, 0.15) is 5.75 Å². The van der Waals surface area contributed by atoms with Gasteiger partial charge in [0.15, 0.2) is 0 Å². The van der Waals surface area contributed by atoms with Gasteiger partial charge in [-0.05, 0) is 55.7 Å². The van der Waals surface area contributed by atoms with E-state index < -0.39 is 6.10 Å². The number of aliphatic hydroxyl groups excluding tert-OH is 1. The Hall–Kier alpha value is -3.03. The fourth-order valence-electron chi connectivity index (χ4n) is 5.61. The summed E-state index contributed by atoms with van der Waals surface area (Å²) in [6, 6.07) is 15.7. The molecular weight excluding hydrogens is 416 g/mol. The summed E-state index contributed by atoms with van der Waals surface area (Å²) in [6.07, 6.45) is 1.28. The summed E-state index contributed by atoms with van der Waals surface area (Å²) in [5, 5.41) is 14.9. The predicted octanol–water partition coefficient (Wildman–Crippen LogP) is 4.01. The number of anilines is 1. The highest BCUT2D eigenvalue weighted by molar-refractivity contribution is 5.89. The SMILES string of the molecule is COc1ccc(NC(=O)N(C)[C@H]2C[C@H]3c4[nH]c5ccccc5c4CCN3C[C@H]2[C@H](C)O)cc1. The van der Waals surface area contributed by atoms with Crippen LogP contribution < -0.4 is 10.1 Å². The van der Waals surface area contributed by atoms with Gasteiger partial charge in [-0.1, -0.05) is 18.2 Å². The first-order chi connectivity index (χ1) is 16.0. The van der Waals surface area contributed by atoms with Crippen LogP contribution in [0.25, 0.3) is 10.9 Å². The smallest absolute Gasteiger partial charge is 0.321 e. The van der Waals surface area contributed by atoms with Gasteiger partial charge in [-0.25, -0.2) is 4.79 Å². The number of H-pyrrole nitrogens is 1. The number of hydrogen-bond donors (Lipinski definition) is 3. The van der Waals surface area contributed by atoms with Crippen molar-refractivity contribution in [2.45, 2.75) is 38.0 Å².